The molecule has 0 bridgehead atoms. The minimum absolute atomic E-state index is 0.383. The van der Waals surface area contributed by atoms with Gasteiger partial charge in [0.1, 0.15) is 0 Å². The summed E-state index contributed by atoms with van der Waals surface area (Å²) in [5.41, 5.74) is 1.39. The molecule has 0 saturated carbocycles. The number of amides is 1. The van der Waals surface area contributed by atoms with Gasteiger partial charge in [-0.15, -0.1) is 0 Å². The highest BCUT2D eigenvalue weighted by Gasteiger charge is 2.05. The topological polar surface area (TPSA) is 47.6 Å². The number of ether oxygens (including phenoxy) is 2. The molecule has 0 heterocycles. The normalized spacial score (nSPS) is 9.24. The molecule has 0 aliphatic heterocycles. The number of nitrogens with one attached hydrogen (secondary N) is 1. The van der Waals surface area contributed by atoms with Crippen LogP contribution in [-0.2, 0) is 4.79 Å². The van der Waals surface area contributed by atoms with Gasteiger partial charge in [-0.2, -0.15) is 0 Å². The largest absolute Gasteiger partial charge is 0.493 e. The van der Waals surface area contributed by atoms with Crippen LogP contribution >= 0.6 is 0 Å². The number of methoxy groups -OCH3 is 2. The third-order valence-electron chi connectivity index (χ3n) is 2.74. The number of anilines is 1. The van der Waals surface area contributed by atoms with Crippen LogP contribution in [0.25, 0.3) is 0 Å². The molecule has 0 unspecified atom stereocenters. The molecular weight excluding hydrogens is 266 g/mol. The van der Waals surface area contributed by atoms with E-state index < -0.39 is 0 Å². The first-order chi connectivity index (χ1) is 10.2. The fourth-order valence-corrected chi connectivity index (χ4v) is 1.73. The Kier molecular flexibility index (Phi) is 4.84. The van der Waals surface area contributed by atoms with E-state index in [1.165, 1.54) is 0 Å². The van der Waals surface area contributed by atoms with Gasteiger partial charge in [0.05, 0.1) is 14.2 Å². The number of carbonyl (C=O) groups is 1. The maximum atomic E-state index is 11.8. The van der Waals surface area contributed by atoms with Gasteiger partial charge in [0.25, 0.3) is 0 Å². The highest BCUT2D eigenvalue weighted by atomic mass is 16.5. The van der Waals surface area contributed by atoms with Gasteiger partial charge in [-0.25, -0.2) is 0 Å². The van der Waals surface area contributed by atoms with Crippen molar-refractivity contribution in [2.75, 3.05) is 19.5 Å². The Bertz CT molecular complexity index is 684. The van der Waals surface area contributed by atoms with Crippen molar-refractivity contribution >= 4 is 11.6 Å². The molecule has 0 aliphatic rings. The van der Waals surface area contributed by atoms with Crippen LogP contribution < -0.4 is 14.8 Å². The summed E-state index contributed by atoms with van der Waals surface area (Å²) in [6.45, 7) is 0. The highest BCUT2D eigenvalue weighted by Crippen LogP contribution is 2.29. The lowest BCUT2D eigenvalue weighted by molar-refractivity contribution is -0.111. The molecule has 1 N–H and O–H groups in total. The van der Waals surface area contributed by atoms with Gasteiger partial charge < -0.3 is 14.8 Å². The Morgan fingerprint density at radius 2 is 1.71 bits per heavy atom. The summed E-state index contributed by atoms with van der Waals surface area (Å²) in [6.07, 6.45) is 0. The molecule has 0 atom stereocenters. The van der Waals surface area contributed by atoms with Gasteiger partial charge in [-0.05, 0) is 24.3 Å². The standard InChI is InChI=1S/C17H15NO3/c1-20-15-10-9-14(12-16(15)21-2)18-17(19)11-8-13-6-4-3-5-7-13/h3-7,9-10,12H,1-2H3,(H,18,19). The van der Waals surface area contributed by atoms with Crippen LogP contribution in [0, 0.1) is 11.8 Å². The first-order valence-electron chi connectivity index (χ1n) is 6.33. The second-order valence-corrected chi connectivity index (χ2v) is 4.14. The zero-order valence-electron chi connectivity index (χ0n) is 11.8. The van der Waals surface area contributed by atoms with Crippen LogP contribution in [0.3, 0.4) is 0 Å². The predicted molar refractivity (Wildman–Crippen MR) is 81.5 cm³/mol. The molecule has 0 radical (unpaired) electrons. The van der Waals surface area contributed by atoms with E-state index in [0.29, 0.717) is 17.2 Å². The highest BCUT2D eigenvalue weighted by molar-refractivity contribution is 6.04. The van der Waals surface area contributed by atoms with Gasteiger partial charge in [0.2, 0.25) is 0 Å². The Balaban J connectivity index is 2.08. The lowest BCUT2D eigenvalue weighted by Gasteiger charge is -2.09. The predicted octanol–water partition coefficient (Wildman–Crippen LogP) is 2.69. The van der Waals surface area contributed by atoms with E-state index in [2.05, 4.69) is 17.2 Å². The number of hydrogen-bond acceptors (Lipinski definition) is 3. The second kappa shape index (κ2) is 7.01. The van der Waals surface area contributed by atoms with Gasteiger partial charge in [-0.1, -0.05) is 24.1 Å². The fraction of sp³-hybridized carbons (Fsp3) is 0.118. The Hall–Kier alpha value is -2.93. The van der Waals surface area contributed by atoms with Crippen LogP contribution in [0.2, 0.25) is 0 Å². The molecule has 4 nitrogen and oxygen atoms in total. The second-order valence-electron chi connectivity index (χ2n) is 4.14. The zero-order valence-corrected chi connectivity index (χ0v) is 11.8. The van der Waals surface area contributed by atoms with Crippen molar-refractivity contribution in [1.29, 1.82) is 0 Å². The van der Waals surface area contributed by atoms with Crippen molar-refractivity contribution in [3.05, 3.63) is 54.1 Å². The van der Waals surface area contributed by atoms with E-state index in [1.54, 1.807) is 32.4 Å². The maximum Gasteiger partial charge on any atom is 0.300 e. The molecular formula is C17H15NO3. The Morgan fingerprint density at radius 3 is 2.38 bits per heavy atom. The molecule has 4 heteroatoms. The van der Waals surface area contributed by atoms with E-state index in [-0.39, 0.29) is 5.91 Å². The van der Waals surface area contributed by atoms with Crippen LogP contribution in [-0.4, -0.2) is 20.1 Å². The summed E-state index contributed by atoms with van der Waals surface area (Å²) < 4.78 is 10.3. The fourth-order valence-electron chi connectivity index (χ4n) is 1.73. The van der Waals surface area contributed by atoms with Crippen LogP contribution in [0.1, 0.15) is 5.56 Å². The monoisotopic (exact) mass is 281 g/mol. The molecule has 0 aromatic heterocycles. The van der Waals surface area contributed by atoms with Crippen molar-refractivity contribution in [3.63, 3.8) is 0 Å². The lowest BCUT2D eigenvalue weighted by atomic mass is 10.2. The molecule has 2 aromatic rings. The van der Waals surface area contributed by atoms with E-state index in [9.17, 15) is 4.79 Å². The SMILES string of the molecule is COc1ccc(NC(=O)C#Cc2ccccc2)cc1OC. The first kappa shape index (κ1) is 14.5. The van der Waals surface area contributed by atoms with E-state index in [4.69, 9.17) is 9.47 Å². The average molecular weight is 281 g/mol. The van der Waals surface area contributed by atoms with Crippen molar-refractivity contribution in [3.8, 4) is 23.3 Å². The van der Waals surface area contributed by atoms with Crippen LogP contribution in [0.5, 0.6) is 11.5 Å². The molecule has 0 fully saturated rings. The molecule has 1 amide bonds. The molecule has 0 aliphatic carbocycles. The van der Waals surface area contributed by atoms with Crippen molar-refractivity contribution in [2.24, 2.45) is 0 Å². The summed E-state index contributed by atoms with van der Waals surface area (Å²) in [6, 6.07) is 14.5. The van der Waals surface area contributed by atoms with E-state index >= 15 is 0 Å². The summed E-state index contributed by atoms with van der Waals surface area (Å²) in [5.74, 6) is 6.11. The number of hydrogen-bond donors (Lipinski definition) is 1. The molecule has 0 saturated heterocycles. The molecule has 2 rings (SSSR count). The molecule has 21 heavy (non-hydrogen) atoms. The minimum atomic E-state index is -0.383. The maximum absolute atomic E-state index is 11.8. The van der Waals surface area contributed by atoms with E-state index in [1.807, 2.05) is 30.3 Å². The van der Waals surface area contributed by atoms with Crippen molar-refractivity contribution < 1.29 is 14.3 Å². The number of benzene rings is 2. The minimum Gasteiger partial charge on any atom is -0.493 e. The van der Waals surface area contributed by atoms with Gasteiger partial charge in [-0.3, -0.25) is 4.79 Å². The van der Waals surface area contributed by atoms with Gasteiger partial charge >= 0.3 is 5.91 Å². The third kappa shape index (κ3) is 4.02. The smallest absolute Gasteiger partial charge is 0.300 e. The lowest BCUT2D eigenvalue weighted by Crippen LogP contribution is -2.08. The first-order valence-corrected chi connectivity index (χ1v) is 6.33. The zero-order chi connectivity index (χ0) is 15.1. The molecule has 0 spiro atoms. The van der Waals surface area contributed by atoms with Crippen LogP contribution in [0.15, 0.2) is 48.5 Å². The summed E-state index contributed by atoms with van der Waals surface area (Å²) in [4.78, 5) is 11.8. The summed E-state index contributed by atoms with van der Waals surface area (Å²) in [7, 11) is 3.10. The Labute approximate surface area is 123 Å². The average Bonchev–Trinajstić information content (AvgIpc) is 2.53. The number of carbonyl (C=O) groups excluding carboxylic acids is 1. The molecule has 106 valence electrons. The van der Waals surface area contributed by atoms with Crippen molar-refractivity contribution in [1.82, 2.24) is 0 Å². The van der Waals surface area contributed by atoms with Gasteiger partial charge in [0, 0.05) is 23.2 Å². The van der Waals surface area contributed by atoms with E-state index in [0.717, 1.165) is 5.56 Å². The quantitative estimate of drug-likeness (QED) is 0.880. The summed E-state index contributed by atoms with van der Waals surface area (Å²) >= 11 is 0. The number of rotatable bonds is 3. The Morgan fingerprint density at radius 1 is 1.00 bits per heavy atom. The summed E-state index contributed by atoms with van der Waals surface area (Å²) in [5, 5.41) is 2.69. The van der Waals surface area contributed by atoms with Crippen molar-refractivity contribution in [2.45, 2.75) is 0 Å². The van der Waals surface area contributed by atoms with Gasteiger partial charge in [0.15, 0.2) is 11.5 Å². The van der Waals surface area contributed by atoms with Crippen LogP contribution in [0.4, 0.5) is 5.69 Å². The third-order valence-corrected chi connectivity index (χ3v) is 2.74. The molecule has 2 aromatic carbocycles.